The lowest BCUT2D eigenvalue weighted by atomic mass is 10.1. The Labute approximate surface area is 116 Å². The van der Waals surface area contributed by atoms with E-state index in [1.165, 1.54) is 5.56 Å². The SMILES string of the molecule is CC(N)Cc1ccc(Cl)cc1Sc1nccn1C. The van der Waals surface area contributed by atoms with E-state index in [9.17, 15) is 0 Å². The van der Waals surface area contributed by atoms with Crippen LogP contribution in [0, 0.1) is 0 Å². The summed E-state index contributed by atoms with van der Waals surface area (Å²) >= 11 is 7.68. The van der Waals surface area contributed by atoms with Gasteiger partial charge >= 0.3 is 0 Å². The van der Waals surface area contributed by atoms with Crippen molar-refractivity contribution in [2.24, 2.45) is 12.8 Å². The van der Waals surface area contributed by atoms with Gasteiger partial charge in [0.05, 0.1) is 0 Å². The zero-order valence-electron chi connectivity index (χ0n) is 10.4. The Kier molecular flexibility index (Phi) is 4.32. The molecule has 5 heteroatoms. The van der Waals surface area contributed by atoms with Crippen LogP contribution in [0.3, 0.4) is 0 Å². The number of imidazole rings is 1. The van der Waals surface area contributed by atoms with Crippen LogP contribution in [0.5, 0.6) is 0 Å². The Balaban J connectivity index is 2.30. The van der Waals surface area contributed by atoms with Crippen LogP contribution in [0.15, 0.2) is 40.6 Å². The third kappa shape index (κ3) is 3.28. The standard InChI is InChI=1S/C13H16ClN3S/c1-9(15)7-10-3-4-11(14)8-12(10)18-13-16-5-6-17(13)2/h3-6,8-9H,7,15H2,1-2H3. The van der Waals surface area contributed by atoms with Crippen molar-refractivity contribution < 1.29 is 0 Å². The normalized spacial score (nSPS) is 12.7. The van der Waals surface area contributed by atoms with Gasteiger partial charge in [-0.1, -0.05) is 29.4 Å². The fourth-order valence-electron chi connectivity index (χ4n) is 1.69. The van der Waals surface area contributed by atoms with Gasteiger partial charge in [0.25, 0.3) is 0 Å². The van der Waals surface area contributed by atoms with Crippen molar-refractivity contribution in [1.82, 2.24) is 9.55 Å². The molecule has 0 aliphatic heterocycles. The van der Waals surface area contributed by atoms with Crippen LogP contribution >= 0.6 is 23.4 Å². The van der Waals surface area contributed by atoms with E-state index >= 15 is 0 Å². The first-order chi connectivity index (χ1) is 8.56. The molecule has 0 fully saturated rings. The molecule has 0 saturated carbocycles. The van der Waals surface area contributed by atoms with E-state index in [2.05, 4.69) is 4.98 Å². The summed E-state index contributed by atoms with van der Waals surface area (Å²) in [5.74, 6) is 0. The van der Waals surface area contributed by atoms with Gasteiger partial charge in [0.2, 0.25) is 0 Å². The van der Waals surface area contributed by atoms with Crippen LogP contribution < -0.4 is 5.73 Å². The minimum absolute atomic E-state index is 0.131. The van der Waals surface area contributed by atoms with Crippen molar-refractivity contribution in [2.45, 2.75) is 29.4 Å². The first kappa shape index (κ1) is 13.5. The Morgan fingerprint density at radius 2 is 2.28 bits per heavy atom. The number of hydrogen-bond donors (Lipinski definition) is 1. The fraction of sp³-hybridized carbons (Fsp3) is 0.308. The van der Waals surface area contributed by atoms with Gasteiger partial charge in [-0.3, -0.25) is 0 Å². The number of nitrogens with zero attached hydrogens (tertiary/aromatic N) is 2. The molecule has 0 aliphatic rings. The summed E-state index contributed by atoms with van der Waals surface area (Å²) in [6, 6.07) is 6.05. The Bertz CT molecular complexity index is 537. The molecule has 2 rings (SSSR count). The van der Waals surface area contributed by atoms with Crippen molar-refractivity contribution in [3.8, 4) is 0 Å². The average molecular weight is 282 g/mol. The maximum absolute atomic E-state index is 6.06. The zero-order chi connectivity index (χ0) is 13.1. The molecule has 1 aromatic heterocycles. The molecule has 2 aromatic rings. The Morgan fingerprint density at radius 3 is 2.89 bits per heavy atom. The topological polar surface area (TPSA) is 43.8 Å². The first-order valence-electron chi connectivity index (χ1n) is 5.75. The summed E-state index contributed by atoms with van der Waals surface area (Å²) in [7, 11) is 1.98. The third-order valence-corrected chi connectivity index (χ3v) is 3.96. The zero-order valence-corrected chi connectivity index (χ0v) is 12.0. The van der Waals surface area contributed by atoms with E-state index in [0.717, 1.165) is 21.5 Å². The van der Waals surface area contributed by atoms with Crippen molar-refractivity contribution >= 4 is 23.4 Å². The number of benzene rings is 1. The summed E-state index contributed by atoms with van der Waals surface area (Å²) in [5, 5.41) is 1.68. The summed E-state index contributed by atoms with van der Waals surface area (Å²) in [6.07, 6.45) is 4.56. The van der Waals surface area contributed by atoms with Crippen LogP contribution in [0.2, 0.25) is 5.02 Å². The van der Waals surface area contributed by atoms with Gasteiger partial charge in [-0.05, 0) is 31.0 Å². The van der Waals surface area contributed by atoms with Gasteiger partial charge in [0.15, 0.2) is 5.16 Å². The molecular weight excluding hydrogens is 266 g/mol. The molecule has 0 saturated heterocycles. The highest BCUT2D eigenvalue weighted by atomic mass is 35.5. The molecule has 2 N–H and O–H groups in total. The largest absolute Gasteiger partial charge is 0.329 e. The Morgan fingerprint density at radius 1 is 1.50 bits per heavy atom. The molecule has 1 unspecified atom stereocenters. The van der Waals surface area contributed by atoms with Gasteiger partial charge in [0, 0.05) is 35.4 Å². The van der Waals surface area contributed by atoms with Crippen molar-refractivity contribution in [1.29, 1.82) is 0 Å². The first-order valence-corrected chi connectivity index (χ1v) is 6.95. The summed E-state index contributed by atoms with van der Waals surface area (Å²) in [4.78, 5) is 5.43. The van der Waals surface area contributed by atoms with Gasteiger partial charge in [0.1, 0.15) is 0 Å². The van der Waals surface area contributed by atoms with Crippen LogP contribution in [-0.4, -0.2) is 15.6 Å². The summed E-state index contributed by atoms with van der Waals surface area (Å²) < 4.78 is 1.99. The number of halogens is 1. The molecule has 1 heterocycles. The number of aryl methyl sites for hydroxylation is 1. The molecule has 0 radical (unpaired) electrons. The predicted molar refractivity (Wildman–Crippen MR) is 76.1 cm³/mol. The average Bonchev–Trinajstić information content (AvgIpc) is 2.68. The van der Waals surface area contributed by atoms with E-state index in [1.54, 1.807) is 18.0 Å². The summed E-state index contributed by atoms with van der Waals surface area (Å²) in [6.45, 7) is 2.00. The lowest BCUT2D eigenvalue weighted by molar-refractivity contribution is 0.728. The third-order valence-electron chi connectivity index (χ3n) is 2.55. The van der Waals surface area contributed by atoms with Crippen molar-refractivity contribution in [3.63, 3.8) is 0 Å². The second-order valence-corrected chi connectivity index (χ2v) is 5.80. The van der Waals surface area contributed by atoms with Gasteiger partial charge in [-0.25, -0.2) is 4.98 Å². The lowest BCUT2D eigenvalue weighted by Gasteiger charge is -2.11. The second-order valence-electron chi connectivity index (χ2n) is 4.36. The molecule has 18 heavy (non-hydrogen) atoms. The van der Waals surface area contributed by atoms with E-state index < -0.39 is 0 Å². The lowest BCUT2D eigenvalue weighted by Crippen LogP contribution is -2.18. The van der Waals surface area contributed by atoms with Crippen LogP contribution in [0.1, 0.15) is 12.5 Å². The minimum Gasteiger partial charge on any atom is -0.329 e. The highest BCUT2D eigenvalue weighted by Crippen LogP contribution is 2.31. The molecule has 0 bridgehead atoms. The molecule has 0 spiro atoms. The fourth-order valence-corrected chi connectivity index (χ4v) is 2.91. The van der Waals surface area contributed by atoms with Crippen LogP contribution in [0.25, 0.3) is 0 Å². The van der Waals surface area contributed by atoms with Gasteiger partial charge < -0.3 is 10.3 Å². The second kappa shape index (κ2) is 5.78. The molecule has 1 atom stereocenters. The van der Waals surface area contributed by atoms with E-state index in [4.69, 9.17) is 17.3 Å². The molecule has 3 nitrogen and oxygen atoms in total. The van der Waals surface area contributed by atoms with Crippen LogP contribution in [-0.2, 0) is 13.5 Å². The smallest absolute Gasteiger partial charge is 0.172 e. The Hall–Kier alpha value is -0.970. The quantitative estimate of drug-likeness (QED) is 0.936. The maximum atomic E-state index is 6.06. The van der Waals surface area contributed by atoms with E-state index in [0.29, 0.717) is 0 Å². The minimum atomic E-state index is 0.131. The number of rotatable bonds is 4. The van der Waals surface area contributed by atoms with Crippen molar-refractivity contribution in [3.05, 3.63) is 41.2 Å². The molecule has 1 aromatic carbocycles. The van der Waals surface area contributed by atoms with E-state index in [1.807, 2.05) is 42.9 Å². The number of aromatic nitrogens is 2. The number of nitrogens with two attached hydrogens (primary N) is 1. The predicted octanol–water partition coefficient (Wildman–Crippen LogP) is 3.11. The molecule has 0 aliphatic carbocycles. The molecule has 0 amide bonds. The maximum Gasteiger partial charge on any atom is 0.172 e. The monoisotopic (exact) mass is 281 g/mol. The van der Waals surface area contributed by atoms with Gasteiger partial charge in [-0.2, -0.15) is 0 Å². The van der Waals surface area contributed by atoms with Crippen molar-refractivity contribution in [2.75, 3.05) is 0 Å². The summed E-state index contributed by atoms with van der Waals surface area (Å²) in [5.41, 5.74) is 7.08. The van der Waals surface area contributed by atoms with Gasteiger partial charge in [-0.15, -0.1) is 0 Å². The molecular formula is C13H16ClN3S. The van der Waals surface area contributed by atoms with E-state index in [-0.39, 0.29) is 6.04 Å². The number of hydrogen-bond acceptors (Lipinski definition) is 3. The van der Waals surface area contributed by atoms with Crippen LogP contribution in [0.4, 0.5) is 0 Å². The highest BCUT2D eigenvalue weighted by molar-refractivity contribution is 7.99. The highest BCUT2D eigenvalue weighted by Gasteiger charge is 2.10. The molecule has 96 valence electrons.